The molecule has 0 aliphatic carbocycles. The van der Waals surface area contributed by atoms with Crippen LogP contribution in [0.15, 0.2) is 0 Å². The van der Waals surface area contributed by atoms with Crippen molar-refractivity contribution in [1.82, 2.24) is 13.9 Å². The van der Waals surface area contributed by atoms with Gasteiger partial charge in [0, 0.05) is 25.7 Å². The topological polar surface area (TPSA) is 104 Å². The lowest BCUT2D eigenvalue weighted by molar-refractivity contribution is -0.121. The van der Waals surface area contributed by atoms with Gasteiger partial charge in [0.25, 0.3) is 10.2 Å². The molecule has 2 fully saturated rings. The van der Waals surface area contributed by atoms with Crippen LogP contribution in [-0.4, -0.2) is 75.1 Å². The van der Waals surface area contributed by atoms with E-state index in [0.717, 1.165) is 17.1 Å². The van der Waals surface area contributed by atoms with Crippen LogP contribution >= 0.6 is 0 Å². The van der Waals surface area contributed by atoms with Crippen LogP contribution in [0.4, 0.5) is 0 Å². The number of carbonyl (C=O) groups is 1. The summed E-state index contributed by atoms with van der Waals surface area (Å²) in [6.07, 6.45) is 2.22. The number of nitrogens with one attached hydrogen (secondary N) is 1. The highest BCUT2D eigenvalue weighted by Gasteiger charge is 2.34. The van der Waals surface area contributed by atoms with E-state index in [1.165, 1.54) is 4.31 Å². The van der Waals surface area contributed by atoms with Gasteiger partial charge >= 0.3 is 0 Å². The van der Waals surface area contributed by atoms with E-state index >= 15 is 0 Å². The molecule has 8 nitrogen and oxygen atoms in total. The van der Waals surface area contributed by atoms with Gasteiger partial charge in [-0.25, -0.2) is 8.42 Å². The molecule has 0 unspecified atom stereocenters. The van der Waals surface area contributed by atoms with E-state index in [-0.39, 0.29) is 24.6 Å². The molecule has 2 saturated heterocycles. The van der Waals surface area contributed by atoms with Crippen LogP contribution < -0.4 is 5.32 Å². The Morgan fingerprint density at radius 3 is 2.58 bits per heavy atom. The van der Waals surface area contributed by atoms with Crippen LogP contribution in [0.25, 0.3) is 0 Å². The van der Waals surface area contributed by atoms with Crippen molar-refractivity contribution in [3.05, 3.63) is 0 Å². The third-order valence-electron chi connectivity index (χ3n) is 4.54. The third kappa shape index (κ3) is 4.90. The second-order valence-electron chi connectivity index (χ2n) is 6.71. The monoisotopic (exact) mass is 381 g/mol. The normalized spacial score (nSPS) is 28.1. The molecule has 2 aliphatic heterocycles. The molecule has 0 bridgehead atoms. The quantitative estimate of drug-likeness (QED) is 0.673. The van der Waals surface area contributed by atoms with Crippen molar-refractivity contribution >= 4 is 26.0 Å². The molecule has 0 aromatic carbocycles. The van der Waals surface area contributed by atoms with E-state index in [1.54, 1.807) is 6.92 Å². The molecule has 2 aliphatic rings. The highest BCUT2D eigenvalue weighted by atomic mass is 32.2. The SMILES string of the molecule is CCN(CC(=O)N[C@@H]1CCS(=O)(=O)C1)S(=O)(=O)N1CCC[C@H](C)C1. The van der Waals surface area contributed by atoms with Crippen molar-refractivity contribution in [2.45, 2.75) is 39.2 Å². The molecule has 140 valence electrons. The first-order chi connectivity index (χ1) is 11.1. The minimum absolute atomic E-state index is 0.0682. The molecule has 0 aromatic rings. The van der Waals surface area contributed by atoms with Gasteiger partial charge in [0.15, 0.2) is 9.84 Å². The van der Waals surface area contributed by atoms with Crippen molar-refractivity contribution in [1.29, 1.82) is 0 Å². The molecule has 0 saturated carbocycles. The number of piperidine rings is 1. The third-order valence-corrected chi connectivity index (χ3v) is 8.33. The zero-order chi connectivity index (χ0) is 18.0. The Bertz CT molecular complexity index is 662. The number of likely N-dealkylation sites (N-methyl/N-ethyl adjacent to an activating group) is 1. The van der Waals surface area contributed by atoms with Crippen LogP contribution in [-0.2, 0) is 24.8 Å². The lowest BCUT2D eigenvalue weighted by Crippen LogP contribution is -2.51. The lowest BCUT2D eigenvalue weighted by atomic mass is 10.0. The van der Waals surface area contributed by atoms with E-state index < -0.39 is 32.0 Å². The van der Waals surface area contributed by atoms with Gasteiger partial charge in [-0.3, -0.25) is 4.79 Å². The molecular weight excluding hydrogens is 354 g/mol. The number of hydrogen-bond acceptors (Lipinski definition) is 5. The molecule has 2 heterocycles. The van der Waals surface area contributed by atoms with E-state index in [9.17, 15) is 21.6 Å². The van der Waals surface area contributed by atoms with Crippen LogP contribution in [0.1, 0.15) is 33.1 Å². The van der Waals surface area contributed by atoms with Crippen LogP contribution in [0.2, 0.25) is 0 Å². The van der Waals surface area contributed by atoms with Crippen molar-refractivity contribution in [2.75, 3.05) is 37.7 Å². The van der Waals surface area contributed by atoms with E-state index in [2.05, 4.69) is 5.32 Å². The molecule has 0 spiro atoms. The average Bonchev–Trinajstić information content (AvgIpc) is 2.83. The Labute approximate surface area is 144 Å². The van der Waals surface area contributed by atoms with Crippen molar-refractivity contribution in [2.24, 2.45) is 5.92 Å². The Balaban J connectivity index is 1.96. The van der Waals surface area contributed by atoms with Gasteiger partial charge < -0.3 is 5.32 Å². The molecule has 24 heavy (non-hydrogen) atoms. The first-order valence-electron chi connectivity index (χ1n) is 8.39. The fraction of sp³-hybridized carbons (Fsp3) is 0.929. The minimum Gasteiger partial charge on any atom is -0.351 e. The predicted molar refractivity (Wildman–Crippen MR) is 91.3 cm³/mol. The second kappa shape index (κ2) is 7.67. The average molecular weight is 382 g/mol. The Morgan fingerprint density at radius 2 is 2.04 bits per heavy atom. The Morgan fingerprint density at radius 1 is 1.33 bits per heavy atom. The van der Waals surface area contributed by atoms with Gasteiger partial charge in [-0.1, -0.05) is 13.8 Å². The van der Waals surface area contributed by atoms with Gasteiger partial charge in [-0.05, 0) is 25.2 Å². The summed E-state index contributed by atoms with van der Waals surface area (Å²) in [6, 6.07) is -0.418. The van der Waals surface area contributed by atoms with E-state index in [0.29, 0.717) is 25.4 Å². The predicted octanol–water partition coefficient (Wildman–Crippen LogP) is -0.412. The highest BCUT2D eigenvalue weighted by molar-refractivity contribution is 7.91. The summed E-state index contributed by atoms with van der Waals surface area (Å²) >= 11 is 0. The second-order valence-corrected chi connectivity index (χ2v) is 10.9. The van der Waals surface area contributed by atoms with Crippen molar-refractivity contribution in [3.8, 4) is 0 Å². The molecule has 2 rings (SSSR count). The maximum atomic E-state index is 12.7. The maximum absolute atomic E-state index is 12.7. The van der Waals surface area contributed by atoms with Crippen molar-refractivity contribution < 1.29 is 21.6 Å². The van der Waals surface area contributed by atoms with Crippen LogP contribution in [0.5, 0.6) is 0 Å². The van der Waals surface area contributed by atoms with Gasteiger partial charge in [0.2, 0.25) is 5.91 Å². The number of amides is 1. The first kappa shape index (κ1) is 19.6. The minimum atomic E-state index is -3.67. The van der Waals surface area contributed by atoms with Gasteiger partial charge in [0.1, 0.15) is 0 Å². The van der Waals surface area contributed by atoms with Crippen LogP contribution in [0, 0.1) is 5.92 Å². The zero-order valence-electron chi connectivity index (χ0n) is 14.3. The fourth-order valence-corrected chi connectivity index (χ4v) is 6.63. The number of rotatable bonds is 6. The zero-order valence-corrected chi connectivity index (χ0v) is 15.9. The summed E-state index contributed by atoms with van der Waals surface area (Å²) in [5.41, 5.74) is 0. The summed E-state index contributed by atoms with van der Waals surface area (Å²) in [7, 11) is -6.75. The van der Waals surface area contributed by atoms with Gasteiger partial charge in [0.05, 0.1) is 18.1 Å². The molecule has 1 amide bonds. The number of sulfone groups is 1. The summed E-state index contributed by atoms with van der Waals surface area (Å²) in [5.74, 6) is -0.141. The molecule has 10 heteroatoms. The lowest BCUT2D eigenvalue weighted by Gasteiger charge is -2.34. The summed E-state index contributed by atoms with van der Waals surface area (Å²) in [6.45, 7) is 4.58. The number of nitrogens with zero attached hydrogens (tertiary/aromatic N) is 2. The molecule has 0 aromatic heterocycles. The smallest absolute Gasteiger partial charge is 0.282 e. The summed E-state index contributed by atoms with van der Waals surface area (Å²) in [4.78, 5) is 12.1. The molecule has 0 radical (unpaired) electrons. The number of carbonyl (C=O) groups excluding carboxylic acids is 1. The van der Waals surface area contributed by atoms with Crippen molar-refractivity contribution in [3.63, 3.8) is 0 Å². The number of hydrogen-bond donors (Lipinski definition) is 1. The van der Waals surface area contributed by atoms with Gasteiger partial charge in [-0.2, -0.15) is 17.0 Å². The summed E-state index contributed by atoms with van der Waals surface area (Å²) in [5, 5.41) is 2.64. The van der Waals surface area contributed by atoms with E-state index in [1.807, 2.05) is 6.92 Å². The maximum Gasteiger partial charge on any atom is 0.282 e. The van der Waals surface area contributed by atoms with Crippen LogP contribution in [0.3, 0.4) is 0 Å². The first-order valence-corrected chi connectivity index (χ1v) is 11.6. The fourth-order valence-electron chi connectivity index (χ4n) is 3.22. The largest absolute Gasteiger partial charge is 0.351 e. The Kier molecular flexibility index (Phi) is 6.27. The van der Waals surface area contributed by atoms with E-state index in [4.69, 9.17) is 0 Å². The standard InChI is InChI=1S/C14H27N3O5S2/c1-3-16(24(21,22)17-7-4-5-12(2)9-17)10-14(18)15-13-6-8-23(19,20)11-13/h12-13H,3-11H2,1-2H3,(H,15,18)/t12-,13+/m0/s1. The Hall–Kier alpha value is -0.710. The van der Waals surface area contributed by atoms with Gasteiger partial charge in [-0.15, -0.1) is 0 Å². The highest BCUT2D eigenvalue weighted by Crippen LogP contribution is 2.20. The molecule has 2 atom stereocenters. The molecular formula is C14H27N3O5S2. The summed E-state index contributed by atoms with van der Waals surface area (Å²) < 4.78 is 50.9. The molecule has 1 N–H and O–H groups in total.